The van der Waals surface area contributed by atoms with Gasteiger partial charge in [-0.1, -0.05) is 48.5 Å². The van der Waals surface area contributed by atoms with Crippen molar-refractivity contribution in [3.63, 3.8) is 0 Å². The van der Waals surface area contributed by atoms with Gasteiger partial charge in [0.2, 0.25) is 0 Å². The van der Waals surface area contributed by atoms with Crippen molar-refractivity contribution < 1.29 is 22.7 Å². The number of esters is 1. The van der Waals surface area contributed by atoms with Gasteiger partial charge in [0, 0.05) is 5.56 Å². The first-order chi connectivity index (χ1) is 16.5. The molecule has 0 heterocycles. The molecule has 0 radical (unpaired) electrons. The summed E-state index contributed by atoms with van der Waals surface area (Å²) in [5.41, 5.74) is 0.817. The van der Waals surface area contributed by atoms with Crippen LogP contribution < -0.4 is 14.3 Å². The Morgan fingerprint density at radius 2 is 1.62 bits per heavy atom. The predicted octanol–water partition coefficient (Wildman–Crippen LogP) is 4.77. The van der Waals surface area contributed by atoms with E-state index in [4.69, 9.17) is 9.47 Å². The third-order valence-corrected chi connectivity index (χ3v) is 6.19. The monoisotopic (exact) mass is 474 g/mol. The van der Waals surface area contributed by atoms with Gasteiger partial charge in [0.05, 0.1) is 23.3 Å². The van der Waals surface area contributed by atoms with Gasteiger partial charge in [-0.2, -0.15) is 13.5 Å². The smallest absolute Gasteiger partial charge is 0.343 e. The molecule has 0 bridgehead atoms. The molecule has 0 aliphatic carbocycles. The minimum Gasteiger partial charge on any atom is -0.494 e. The van der Waals surface area contributed by atoms with Crippen molar-refractivity contribution in [2.45, 2.75) is 11.8 Å². The van der Waals surface area contributed by atoms with Gasteiger partial charge in [-0.25, -0.2) is 9.63 Å². The van der Waals surface area contributed by atoms with E-state index in [2.05, 4.69) is 9.93 Å². The second-order valence-corrected chi connectivity index (χ2v) is 8.87. The van der Waals surface area contributed by atoms with E-state index >= 15 is 0 Å². The number of hydrazone groups is 1. The summed E-state index contributed by atoms with van der Waals surface area (Å²) in [4.78, 5) is 15.1. The summed E-state index contributed by atoms with van der Waals surface area (Å²) in [7, 11) is -3.84. The first-order valence-corrected chi connectivity index (χ1v) is 12.0. The van der Waals surface area contributed by atoms with Crippen LogP contribution in [-0.2, 0) is 10.0 Å². The maximum atomic E-state index is 12.8. The Morgan fingerprint density at radius 1 is 0.912 bits per heavy atom. The zero-order chi connectivity index (χ0) is 24.0. The molecule has 0 spiro atoms. The normalized spacial score (nSPS) is 11.4. The number of ether oxygens (including phenoxy) is 2. The van der Waals surface area contributed by atoms with Crippen LogP contribution in [-0.4, -0.2) is 27.2 Å². The van der Waals surface area contributed by atoms with Gasteiger partial charge in [0.1, 0.15) is 11.5 Å². The third-order valence-electron chi connectivity index (χ3n) is 4.95. The van der Waals surface area contributed by atoms with Gasteiger partial charge in [-0.05, 0) is 60.2 Å². The number of carbonyl (C=O) groups is 1. The van der Waals surface area contributed by atoms with Crippen molar-refractivity contribution >= 4 is 33.0 Å². The summed E-state index contributed by atoms with van der Waals surface area (Å²) in [6.45, 7) is 2.41. The second kappa shape index (κ2) is 10.2. The van der Waals surface area contributed by atoms with E-state index in [1.165, 1.54) is 18.3 Å². The number of hydrogen-bond acceptors (Lipinski definition) is 6. The SMILES string of the molecule is CCOc1ccc(C(=O)Oc2ccc3ccccc3c2/C=N\NS(=O)(=O)c2ccccc2)cc1. The summed E-state index contributed by atoms with van der Waals surface area (Å²) in [5, 5.41) is 5.58. The third kappa shape index (κ3) is 5.24. The van der Waals surface area contributed by atoms with E-state index in [0.717, 1.165) is 10.8 Å². The molecule has 8 heteroatoms. The van der Waals surface area contributed by atoms with E-state index in [1.54, 1.807) is 48.5 Å². The predicted molar refractivity (Wildman–Crippen MR) is 131 cm³/mol. The summed E-state index contributed by atoms with van der Waals surface area (Å²) >= 11 is 0. The molecular weight excluding hydrogens is 452 g/mol. The van der Waals surface area contributed by atoms with Gasteiger partial charge in [0.15, 0.2) is 0 Å². The molecule has 7 nitrogen and oxygen atoms in total. The topological polar surface area (TPSA) is 94.1 Å². The maximum Gasteiger partial charge on any atom is 0.343 e. The fourth-order valence-corrected chi connectivity index (χ4v) is 4.14. The average molecular weight is 475 g/mol. The Labute approximate surface area is 197 Å². The lowest BCUT2D eigenvalue weighted by Gasteiger charge is -2.11. The van der Waals surface area contributed by atoms with Crippen molar-refractivity contribution in [2.75, 3.05) is 6.61 Å². The molecule has 0 fully saturated rings. The molecule has 0 unspecified atom stereocenters. The largest absolute Gasteiger partial charge is 0.494 e. The fraction of sp³-hybridized carbons (Fsp3) is 0.0769. The lowest BCUT2D eigenvalue weighted by Crippen LogP contribution is -2.18. The van der Waals surface area contributed by atoms with Crippen LogP contribution in [0.5, 0.6) is 11.5 Å². The van der Waals surface area contributed by atoms with Gasteiger partial charge in [0.25, 0.3) is 10.0 Å². The molecular formula is C26H22N2O5S. The number of hydrogen-bond donors (Lipinski definition) is 1. The number of fused-ring (bicyclic) bond motifs is 1. The van der Waals surface area contributed by atoms with Gasteiger partial charge < -0.3 is 9.47 Å². The summed E-state index contributed by atoms with van der Waals surface area (Å²) < 4.78 is 36.0. The van der Waals surface area contributed by atoms with Crippen LogP contribution in [0.2, 0.25) is 0 Å². The molecule has 0 aliphatic rings. The second-order valence-electron chi connectivity index (χ2n) is 7.21. The summed E-state index contributed by atoms with van der Waals surface area (Å²) in [6.07, 6.45) is 1.34. The van der Waals surface area contributed by atoms with Crippen molar-refractivity contribution in [1.29, 1.82) is 0 Å². The highest BCUT2D eigenvalue weighted by molar-refractivity contribution is 7.89. The number of carbonyl (C=O) groups excluding carboxylic acids is 1. The van der Waals surface area contributed by atoms with Crippen molar-refractivity contribution in [3.8, 4) is 11.5 Å². The number of nitrogens with zero attached hydrogens (tertiary/aromatic N) is 1. The number of nitrogens with one attached hydrogen (secondary N) is 1. The maximum absolute atomic E-state index is 12.8. The summed E-state index contributed by atoms with van der Waals surface area (Å²) in [5.74, 6) is 0.348. The molecule has 0 aromatic heterocycles. The van der Waals surface area contributed by atoms with Crippen LogP contribution in [0.15, 0.2) is 101 Å². The van der Waals surface area contributed by atoms with Crippen molar-refractivity contribution in [3.05, 3.63) is 102 Å². The Morgan fingerprint density at radius 3 is 2.35 bits per heavy atom. The molecule has 4 aromatic rings. The number of sulfonamides is 1. The zero-order valence-corrected chi connectivity index (χ0v) is 19.2. The first kappa shape index (κ1) is 23.0. The fourth-order valence-electron chi connectivity index (χ4n) is 3.32. The van der Waals surface area contributed by atoms with E-state index in [0.29, 0.717) is 23.5 Å². The number of rotatable bonds is 8. The van der Waals surface area contributed by atoms with Gasteiger partial charge >= 0.3 is 5.97 Å². The highest BCUT2D eigenvalue weighted by Gasteiger charge is 2.15. The Balaban J connectivity index is 1.63. The van der Waals surface area contributed by atoms with Crippen molar-refractivity contribution in [1.82, 2.24) is 4.83 Å². The van der Waals surface area contributed by atoms with E-state index < -0.39 is 16.0 Å². The van der Waals surface area contributed by atoms with E-state index in [9.17, 15) is 13.2 Å². The standard InChI is InChI=1S/C26H22N2O5S/c1-2-32-21-15-12-20(13-16-21)26(29)33-25-17-14-19-8-6-7-11-23(19)24(25)18-27-28-34(30,31)22-9-4-3-5-10-22/h3-18,28H,2H2,1H3/b27-18-. The van der Waals surface area contributed by atoms with Gasteiger partial charge in [-0.3, -0.25) is 0 Å². The molecule has 0 amide bonds. The summed E-state index contributed by atoms with van der Waals surface area (Å²) in [6, 6.07) is 25.5. The molecule has 0 saturated carbocycles. The van der Waals surface area contributed by atoms with Crippen LogP contribution in [0, 0.1) is 0 Å². The lowest BCUT2D eigenvalue weighted by atomic mass is 10.0. The minimum absolute atomic E-state index is 0.0900. The molecule has 4 aromatic carbocycles. The number of benzene rings is 4. The zero-order valence-electron chi connectivity index (χ0n) is 18.3. The molecule has 172 valence electrons. The van der Waals surface area contributed by atoms with Gasteiger partial charge in [-0.15, -0.1) is 0 Å². The molecule has 0 atom stereocenters. The van der Waals surface area contributed by atoms with E-state index in [1.807, 2.05) is 37.3 Å². The minimum atomic E-state index is -3.84. The highest BCUT2D eigenvalue weighted by Crippen LogP contribution is 2.27. The average Bonchev–Trinajstić information content (AvgIpc) is 2.86. The lowest BCUT2D eigenvalue weighted by molar-refractivity contribution is 0.0734. The van der Waals surface area contributed by atoms with E-state index in [-0.39, 0.29) is 10.6 Å². The Kier molecular flexibility index (Phi) is 6.89. The Hall–Kier alpha value is -4.17. The molecule has 0 saturated heterocycles. The Bertz CT molecular complexity index is 1430. The molecule has 0 aliphatic heterocycles. The van der Waals surface area contributed by atoms with Crippen LogP contribution in [0.1, 0.15) is 22.8 Å². The molecule has 1 N–H and O–H groups in total. The van der Waals surface area contributed by atoms with Crippen molar-refractivity contribution in [2.24, 2.45) is 5.10 Å². The van der Waals surface area contributed by atoms with Crippen LogP contribution in [0.4, 0.5) is 0 Å². The quantitative estimate of drug-likeness (QED) is 0.172. The van der Waals surface area contributed by atoms with Crippen LogP contribution >= 0.6 is 0 Å². The molecule has 34 heavy (non-hydrogen) atoms. The van der Waals surface area contributed by atoms with Crippen LogP contribution in [0.25, 0.3) is 10.8 Å². The van der Waals surface area contributed by atoms with Crippen LogP contribution in [0.3, 0.4) is 0 Å². The molecule has 4 rings (SSSR count). The first-order valence-electron chi connectivity index (χ1n) is 10.5. The highest BCUT2D eigenvalue weighted by atomic mass is 32.2.